The van der Waals surface area contributed by atoms with E-state index in [0.29, 0.717) is 25.9 Å². The van der Waals surface area contributed by atoms with Crippen molar-refractivity contribution in [3.05, 3.63) is 60.2 Å². The summed E-state index contributed by atoms with van der Waals surface area (Å²) in [5.74, 6) is -0.426. The third kappa shape index (κ3) is 5.26. The van der Waals surface area contributed by atoms with E-state index in [-0.39, 0.29) is 23.3 Å². The average molecular weight is 444 g/mol. The maximum absolute atomic E-state index is 12.9. The van der Waals surface area contributed by atoms with Crippen LogP contribution in [0.2, 0.25) is 0 Å². The third-order valence-corrected chi connectivity index (χ3v) is 7.79. The molecule has 7 nitrogen and oxygen atoms in total. The Kier molecular flexibility index (Phi) is 6.89. The van der Waals surface area contributed by atoms with Crippen LogP contribution in [-0.2, 0) is 26.1 Å². The minimum Gasteiger partial charge on any atom is -0.378 e. The van der Waals surface area contributed by atoms with E-state index in [9.17, 15) is 13.2 Å². The quantitative estimate of drug-likeness (QED) is 0.741. The van der Waals surface area contributed by atoms with E-state index in [4.69, 9.17) is 4.74 Å². The normalized spacial score (nSPS) is 20.4. The van der Waals surface area contributed by atoms with E-state index in [2.05, 4.69) is 22.3 Å². The second-order valence-electron chi connectivity index (χ2n) is 8.00. The molecule has 4 rings (SSSR count). The number of anilines is 1. The highest BCUT2D eigenvalue weighted by Crippen LogP contribution is 2.24. The van der Waals surface area contributed by atoms with Crippen molar-refractivity contribution in [2.45, 2.75) is 24.3 Å². The van der Waals surface area contributed by atoms with Crippen molar-refractivity contribution < 1.29 is 17.9 Å². The van der Waals surface area contributed by atoms with Crippen molar-refractivity contribution in [2.75, 3.05) is 44.3 Å². The van der Waals surface area contributed by atoms with Crippen LogP contribution >= 0.6 is 0 Å². The summed E-state index contributed by atoms with van der Waals surface area (Å²) in [7, 11) is -3.57. The predicted molar refractivity (Wildman–Crippen MR) is 119 cm³/mol. The number of rotatable bonds is 6. The summed E-state index contributed by atoms with van der Waals surface area (Å²) >= 11 is 0. The van der Waals surface area contributed by atoms with Crippen LogP contribution in [0.15, 0.2) is 59.5 Å². The van der Waals surface area contributed by atoms with Gasteiger partial charge in [0.1, 0.15) is 0 Å². The summed E-state index contributed by atoms with van der Waals surface area (Å²) in [6, 6.07) is 16.6. The van der Waals surface area contributed by atoms with E-state index < -0.39 is 10.0 Å². The minimum absolute atomic E-state index is 0.0924. The van der Waals surface area contributed by atoms with Gasteiger partial charge in [-0.15, -0.1) is 0 Å². The number of amides is 1. The van der Waals surface area contributed by atoms with Crippen LogP contribution in [0.1, 0.15) is 18.4 Å². The molecule has 0 saturated carbocycles. The third-order valence-electron chi connectivity index (χ3n) is 5.92. The van der Waals surface area contributed by atoms with E-state index >= 15 is 0 Å². The largest absolute Gasteiger partial charge is 0.378 e. The van der Waals surface area contributed by atoms with Gasteiger partial charge >= 0.3 is 0 Å². The van der Waals surface area contributed by atoms with Gasteiger partial charge < -0.3 is 15.0 Å². The van der Waals surface area contributed by atoms with E-state index in [1.807, 2.05) is 12.1 Å². The Balaban J connectivity index is 1.32. The van der Waals surface area contributed by atoms with Crippen LogP contribution in [0.25, 0.3) is 0 Å². The Morgan fingerprint density at radius 3 is 2.42 bits per heavy atom. The fourth-order valence-electron chi connectivity index (χ4n) is 4.10. The second-order valence-corrected chi connectivity index (χ2v) is 9.94. The van der Waals surface area contributed by atoms with E-state index in [1.165, 1.54) is 4.31 Å². The molecule has 2 aliphatic rings. The summed E-state index contributed by atoms with van der Waals surface area (Å²) in [6.45, 7) is 4.37. The number of morpholine rings is 1. The first-order valence-electron chi connectivity index (χ1n) is 10.8. The number of hydrogen-bond donors (Lipinski definition) is 1. The van der Waals surface area contributed by atoms with Gasteiger partial charge in [-0.25, -0.2) is 8.42 Å². The molecule has 0 unspecified atom stereocenters. The number of carbonyl (C=O) groups is 1. The second kappa shape index (κ2) is 9.80. The number of piperidine rings is 1. The van der Waals surface area contributed by atoms with Crippen molar-refractivity contribution >= 4 is 21.6 Å². The molecule has 2 aromatic rings. The van der Waals surface area contributed by atoms with E-state index in [0.717, 1.165) is 37.6 Å². The highest BCUT2D eigenvalue weighted by atomic mass is 32.2. The summed E-state index contributed by atoms with van der Waals surface area (Å²) < 4.78 is 32.6. The van der Waals surface area contributed by atoms with Crippen LogP contribution in [-0.4, -0.2) is 58.0 Å². The lowest BCUT2D eigenvalue weighted by Crippen LogP contribution is -2.45. The van der Waals surface area contributed by atoms with Crippen molar-refractivity contribution in [2.24, 2.45) is 5.92 Å². The van der Waals surface area contributed by atoms with Gasteiger partial charge in [0.25, 0.3) is 0 Å². The zero-order valence-corrected chi connectivity index (χ0v) is 18.4. The molecule has 0 radical (unpaired) electrons. The van der Waals surface area contributed by atoms with Crippen LogP contribution in [0.5, 0.6) is 0 Å². The zero-order chi connectivity index (χ0) is 21.7. The van der Waals surface area contributed by atoms with Crippen LogP contribution in [0, 0.1) is 5.92 Å². The number of ether oxygens (including phenoxy) is 1. The number of nitrogens with zero attached hydrogens (tertiary/aromatic N) is 2. The molecule has 31 heavy (non-hydrogen) atoms. The molecule has 8 heteroatoms. The van der Waals surface area contributed by atoms with Gasteiger partial charge in [0, 0.05) is 38.4 Å². The van der Waals surface area contributed by atoms with Crippen molar-refractivity contribution in [3.8, 4) is 0 Å². The molecule has 2 heterocycles. The molecule has 1 amide bonds. The Morgan fingerprint density at radius 1 is 1.00 bits per heavy atom. The summed E-state index contributed by atoms with van der Waals surface area (Å²) in [5, 5.41) is 2.99. The molecular weight excluding hydrogens is 414 g/mol. The lowest BCUT2D eigenvalue weighted by molar-refractivity contribution is -0.126. The number of sulfonamides is 1. The first-order valence-corrected chi connectivity index (χ1v) is 12.2. The number of hydrogen-bond acceptors (Lipinski definition) is 5. The van der Waals surface area contributed by atoms with Crippen molar-refractivity contribution in [1.82, 2.24) is 9.62 Å². The van der Waals surface area contributed by atoms with Gasteiger partial charge in [0.15, 0.2) is 0 Å². The van der Waals surface area contributed by atoms with Gasteiger partial charge in [-0.2, -0.15) is 4.31 Å². The van der Waals surface area contributed by atoms with Crippen LogP contribution in [0.4, 0.5) is 5.69 Å². The molecule has 2 saturated heterocycles. The molecule has 0 bridgehead atoms. The highest BCUT2D eigenvalue weighted by Gasteiger charge is 2.33. The van der Waals surface area contributed by atoms with Crippen LogP contribution in [0.3, 0.4) is 0 Å². The average Bonchev–Trinajstić information content (AvgIpc) is 2.84. The smallest absolute Gasteiger partial charge is 0.243 e. The topological polar surface area (TPSA) is 79.0 Å². The molecule has 2 aliphatic heterocycles. The summed E-state index contributed by atoms with van der Waals surface area (Å²) in [6.07, 6.45) is 1.38. The molecule has 1 N–H and O–H groups in total. The Morgan fingerprint density at radius 2 is 1.71 bits per heavy atom. The number of carbonyl (C=O) groups excluding carboxylic acids is 1. The zero-order valence-electron chi connectivity index (χ0n) is 17.6. The maximum atomic E-state index is 12.9. The Bertz CT molecular complexity index is 974. The molecule has 0 aromatic heterocycles. The molecule has 1 atom stereocenters. The fourth-order valence-corrected chi connectivity index (χ4v) is 5.64. The first-order chi connectivity index (χ1) is 15.0. The SMILES string of the molecule is O=C(NCc1ccc(N2CCOCC2)cc1)[C@@H]1CCCN(S(=O)(=O)c2ccccc2)C1. The number of benzene rings is 2. The first kappa shape index (κ1) is 21.8. The summed E-state index contributed by atoms with van der Waals surface area (Å²) in [5.41, 5.74) is 2.18. The minimum atomic E-state index is -3.57. The van der Waals surface area contributed by atoms with Crippen LogP contribution < -0.4 is 10.2 Å². The molecule has 166 valence electrons. The molecule has 2 aromatic carbocycles. The molecule has 2 fully saturated rings. The summed E-state index contributed by atoms with van der Waals surface area (Å²) in [4.78, 5) is 15.3. The van der Waals surface area contributed by atoms with Gasteiger partial charge in [-0.3, -0.25) is 4.79 Å². The van der Waals surface area contributed by atoms with Gasteiger partial charge in [-0.1, -0.05) is 30.3 Å². The maximum Gasteiger partial charge on any atom is 0.243 e. The predicted octanol–water partition coefficient (Wildman–Crippen LogP) is 2.24. The monoisotopic (exact) mass is 443 g/mol. The fraction of sp³-hybridized carbons (Fsp3) is 0.435. The highest BCUT2D eigenvalue weighted by molar-refractivity contribution is 7.89. The Labute approximate surface area is 184 Å². The number of nitrogens with one attached hydrogen (secondary N) is 1. The lowest BCUT2D eigenvalue weighted by atomic mass is 9.98. The molecular formula is C23H29N3O4S. The van der Waals surface area contributed by atoms with Crippen molar-refractivity contribution in [1.29, 1.82) is 0 Å². The standard InChI is InChI=1S/C23H29N3O4S/c27-23(24-17-19-8-10-21(11-9-19)25-13-15-30-16-14-25)20-5-4-12-26(18-20)31(28,29)22-6-2-1-3-7-22/h1-3,6-11,20H,4-5,12-18H2,(H,24,27)/t20-/m1/s1. The van der Waals surface area contributed by atoms with Gasteiger partial charge in [0.2, 0.25) is 15.9 Å². The van der Waals surface area contributed by atoms with Gasteiger partial charge in [-0.05, 0) is 42.7 Å². The van der Waals surface area contributed by atoms with Crippen molar-refractivity contribution in [3.63, 3.8) is 0 Å². The Hall–Kier alpha value is -2.42. The van der Waals surface area contributed by atoms with E-state index in [1.54, 1.807) is 30.3 Å². The molecule has 0 aliphatic carbocycles. The van der Waals surface area contributed by atoms with Gasteiger partial charge in [0.05, 0.1) is 24.0 Å². The lowest BCUT2D eigenvalue weighted by Gasteiger charge is -2.31. The molecule has 0 spiro atoms.